The summed E-state index contributed by atoms with van der Waals surface area (Å²) in [5.74, 6) is 0.263. The SMILES string of the molecule is COc1ccc(C(=O)Cc2nc3c(=O)[nH]c(=O)[nH]c3[nH]c2=O)cc1. The number of methoxy groups -OCH3 is 1. The molecule has 3 rings (SSSR count). The van der Waals surface area contributed by atoms with Crippen LogP contribution >= 0.6 is 0 Å². The van der Waals surface area contributed by atoms with Crippen LogP contribution in [-0.4, -0.2) is 32.8 Å². The summed E-state index contributed by atoms with van der Waals surface area (Å²) in [6, 6.07) is 6.39. The monoisotopic (exact) mass is 328 g/mol. The Labute approximate surface area is 133 Å². The van der Waals surface area contributed by atoms with Crippen molar-refractivity contribution in [1.29, 1.82) is 0 Å². The Morgan fingerprint density at radius 1 is 1.04 bits per heavy atom. The lowest BCUT2D eigenvalue weighted by Crippen LogP contribution is -2.27. The van der Waals surface area contributed by atoms with Crippen molar-refractivity contribution < 1.29 is 9.53 Å². The molecule has 0 saturated carbocycles. The lowest BCUT2D eigenvalue weighted by atomic mass is 10.1. The number of fused-ring (bicyclic) bond motifs is 1. The van der Waals surface area contributed by atoms with Crippen LogP contribution in [0.5, 0.6) is 5.75 Å². The molecule has 0 amide bonds. The minimum Gasteiger partial charge on any atom is -0.497 e. The van der Waals surface area contributed by atoms with Crippen LogP contribution in [0.15, 0.2) is 38.6 Å². The van der Waals surface area contributed by atoms with E-state index in [1.807, 2.05) is 4.98 Å². The highest BCUT2D eigenvalue weighted by molar-refractivity contribution is 5.97. The molecule has 0 aliphatic heterocycles. The number of benzene rings is 1. The van der Waals surface area contributed by atoms with Crippen molar-refractivity contribution in [2.24, 2.45) is 0 Å². The number of aromatic amines is 3. The summed E-state index contributed by atoms with van der Waals surface area (Å²) in [5, 5.41) is 0. The molecule has 24 heavy (non-hydrogen) atoms. The van der Waals surface area contributed by atoms with Gasteiger partial charge in [0.15, 0.2) is 11.3 Å². The predicted molar refractivity (Wildman–Crippen MR) is 84.6 cm³/mol. The Hall–Kier alpha value is -3.49. The van der Waals surface area contributed by atoms with E-state index in [1.165, 1.54) is 7.11 Å². The van der Waals surface area contributed by atoms with Crippen LogP contribution in [0.25, 0.3) is 11.2 Å². The second-order valence-corrected chi connectivity index (χ2v) is 4.97. The van der Waals surface area contributed by atoms with Gasteiger partial charge in [-0.15, -0.1) is 0 Å². The van der Waals surface area contributed by atoms with E-state index >= 15 is 0 Å². The van der Waals surface area contributed by atoms with Gasteiger partial charge in [-0.05, 0) is 24.3 Å². The van der Waals surface area contributed by atoms with Crippen molar-refractivity contribution >= 4 is 16.9 Å². The summed E-state index contributed by atoms with van der Waals surface area (Å²) >= 11 is 0. The van der Waals surface area contributed by atoms with Crippen LogP contribution in [0.3, 0.4) is 0 Å². The number of nitrogens with one attached hydrogen (secondary N) is 3. The number of H-pyrrole nitrogens is 3. The lowest BCUT2D eigenvalue weighted by molar-refractivity contribution is 0.0991. The maximum atomic E-state index is 12.3. The second-order valence-electron chi connectivity index (χ2n) is 4.97. The molecule has 0 fully saturated rings. The van der Waals surface area contributed by atoms with Crippen molar-refractivity contribution in [3.05, 3.63) is 66.7 Å². The minimum atomic E-state index is -0.757. The molecule has 0 spiro atoms. The van der Waals surface area contributed by atoms with Crippen LogP contribution in [0.4, 0.5) is 0 Å². The summed E-state index contributed by atoms with van der Waals surface area (Å²) in [5.41, 5.74) is -2.12. The molecular weight excluding hydrogens is 316 g/mol. The summed E-state index contributed by atoms with van der Waals surface area (Å²) in [6.45, 7) is 0. The van der Waals surface area contributed by atoms with Gasteiger partial charge >= 0.3 is 5.69 Å². The number of hydrogen-bond acceptors (Lipinski definition) is 6. The third-order valence-corrected chi connectivity index (χ3v) is 3.40. The Balaban J connectivity index is 1.98. The van der Waals surface area contributed by atoms with Gasteiger partial charge < -0.3 is 9.72 Å². The first kappa shape index (κ1) is 15.4. The third kappa shape index (κ3) is 2.86. The van der Waals surface area contributed by atoms with Crippen molar-refractivity contribution in [2.45, 2.75) is 6.42 Å². The molecule has 0 unspecified atom stereocenters. The Bertz CT molecular complexity index is 1090. The van der Waals surface area contributed by atoms with Crippen LogP contribution in [-0.2, 0) is 6.42 Å². The highest BCUT2D eigenvalue weighted by atomic mass is 16.5. The van der Waals surface area contributed by atoms with E-state index in [2.05, 4.69) is 15.0 Å². The minimum absolute atomic E-state index is 0.0885. The average molecular weight is 328 g/mol. The van der Waals surface area contributed by atoms with E-state index in [4.69, 9.17) is 4.74 Å². The van der Waals surface area contributed by atoms with Gasteiger partial charge in [0.2, 0.25) is 0 Å². The molecule has 9 nitrogen and oxygen atoms in total. The molecule has 2 heterocycles. The predicted octanol–water partition coefficient (Wildman–Crippen LogP) is -0.266. The molecule has 0 radical (unpaired) electrons. The lowest BCUT2D eigenvalue weighted by Gasteiger charge is -2.03. The van der Waals surface area contributed by atoms with E-state index in [9.17, 15) is 19.2 Å². The molecule has 3 N–H and O–H groups in total. The summed E-state index contributed by atoms with van der Waals surface area (Å²) in [7, 11) is 1.51. The molecular formula is C15H12N4O5. The fourth-order valence-electron chi connectivity index (χ4n) is 2.20. The standard InChI is InChI=1S/C15H12N4O5/c1-24-8-4-2-7(3-5-8)10(20)6-9-13(21)17-12-11(16-9)14(22)19-15(23)18-12/h2-5H,6H2,1H3,(H3,17,18,19,21,22,23). The van der Waals surface area contributed by atoms with Gasteiger partial charge in [-0.1, -0.05) is 0 Å². The van der Waals surface area contributed by atoms with Crippen LogP contribution in [0.2, 0.25) is 0 Å². The number of Topliss-reactive ketones (excluding diaryl/α,β-unsaturated/α-hetero) is 1. The Morgan fingerprint density at radius 2 is 1.75 bits per heavy atom. The van der Waals surface area contributed by atoms with Gasteiger partial charge in [0.05, 0.1) is 13.5 Å². The molecule has 9 heteroatoms. The molecule has 3 aromatic rings. The van der Waals surface area contributed by atoms with E-state index < -0.39 is 16.8 Å². The van der Waals surface area contributed by atoms with Crippen molar-refractivity contribution in [1.82, 2.24) is 19.9 Å². The fourth-order valence-corrected chi connectivity index (χ4v) is 2.20. The van der Waals surface area contributed by atoms with Crippen LogP contribution < -0.4 is 21.5 Å². The van der Waals surface area contributed by atoms with Crippen molar-refractivity contribution in [3.63, 3.8) is 0 Å². The van der Waals surface area contributed by atoms with Gasteiger partial charge in [0.1, 0.15) is 17.1 Å². The summed E-state index contributed by atoms with van der Waals surface area (Å²) in [6.07, 6.45) is -0.282. The fraction of sp³-hybridized carbons (Fsp3) is 0.133. The maximum absolute atomic E-state index is 12.3. The van der Waals surface area contributed by atoms with E-state index in [-0.39, 0.29) is 29.1 Å². The molecule has 0 aliphatic rings. The van der Waals surface area contributed by atoms with Gasteiger partial charge in [-0.3, -0.25) is 24.4 Å². The van der Waals surface area contributed by atoms with E-state index in [1.54, 1.807) is 24.3 Å². The van der Waals surface area contributed by atoms with E-state index in [0.717, 1.165) is 0 Å². The number of ether oxygens (including phenoxy) is 1. The van der Waals surface area contributed by atoms with Crippen LogP contribution in [0, 0.1) is 0 Å². The second kappa shape index (κ2) is 5.95. The highest BCUT2D eigenvalue weighted by Gasteiger charge is 2.14. The Kier molecular flexibility index (Phi) is 3.82. The largest absolute Gasteiger partial charge is 0.497 e. The number of aromatic nitrogens is 4. The summed E-state index contributed by atoms with van der Waals surface area (Å²) in [4.78, 5) is 57.7. The first-order valence-corrected chi connectivity index (χ1v) is 6.90. The number of rotatable bonds is 4. The molecule has 0 atom stereocenters. The molecule has 1 aromatic carbocycles. The third-order valence-electron chi connectivity index (χ3n) is 3.40. The Morgan fingerprint density at radius 3 is 2.42 bits per heavy atom. The topological polar surface area (TPSA) is 138 Å². The molecule has 122 valence electrons. The first-order valence-electron chi connectivity index (χ1n) is 6.90. The van der Waals surface area contributed by atoms with Gasteiger partial charge in [-0.25, -0.2) is 9.78 Å². The quantitative estimate of drug-likeness (QED) is 0.564. The number of carbonyl (C=O) groups is 1. The normalized spacial score (nSPS) is 10.7. The smallest absolute Gasteiger partial charge is 0.327 e. The number of nitrogens with zero attached hydrogens (tertiary/aromatic N) is 1. The molecule has 2 aromatic heterocycles. The zero-order valence-corrected chi connectivity index (χ0v) is 12.5. The van der Waals surface area contributed by atoms with Crippen molar-refractivity contribution in [3.8, 4) is 5.75 Å². The average Bonchev–Trinajstić information content (AvgIpc) is 2.56. The van der Waals surface area contributed by atoms with E-state index in [0.29, 0.717) is 11.3 Å². The van der Waals surface area contributed by atoms with Crippen molar-refractivity contribution in [2.75, 3.05) is 7.11 Å². The highest BCUT2D eigenvalue weighted by Crippen LogP contribution is 2.12. The maximum Gasteiger partial charge on any atom is 0.327 e. The molecule has 0 aliphatic carbocycles. The van der Waals surface area contributed by atoms with Gasteiger partial charge in [-0.2, -0.15) is 0 Å². The number of carbonyl (C=O) groups excluding carboxylic acids is 1. The molecule has 0 bridgehead atoms. The van der Waals surface area contributed by atoms with Gasteiger partial charge in [0.25, 0.3) is 11.1 Å². The summed E-state index contributed by atoms with van der Waals surface area (Å²) < 4.78 is 5.01. The van der Waals surface area contributed by atoms with Gasteiger partial charge in [0, 0.05) is 5.56 Å². The molecule has 0 saturated heterocycles. The van der Waals surface area contributed by atoms with Crippen LogP contribution in [0.1, 0.15) is 16.1 Å². The first-order chi connectivity index (χ1) is 11.5. The number of hydrogen-bond donors (Lipinski definition) is 3. The zero-order chi connectivity index (χ0) is 17.3. The number of ketones is 1. The zero-order valence-electron chi connectivity index (χ0n) is 12.5.